The number of ketones is 1. The Morgan fingerprint density at radius 3 is 2.65 bits per heavy atom. The molecule has 0 N–H and O–H groups in total. The maximum atomic E-state index is 12.7. The van der Waals surface area contributed by atoms with Crippen LogP contribution in [0.15, 0.2) is 36.5 Å². The van der Waals surface area contributed by atoms with E-state index in [4.69, 9.17) is 4.74 Å². The summed E-state index contributed by atoms with van der Waals surface area (Å²) in [5.41, 5.74) is 1.56. The fourth-order valence-electron chi connectivity index (χ4n) is 2.25. The Hall–Kier alpha value is -2.10. The normalized spacial score (nSPS) is 12.2. The highest BCUT2D eigenvalue weighted by Crippen LogP contribution is 2.26. The summed E-state index contributed by atoms with van der Waals surface area (Å²) >= 11 is 0. The summed E-state index contributed by atoms with van der Waals surface area (Å²) in [6.07, 6.45) is 2.53. The van der Waals surface area contributed by atoms with Gasteiger partial charge in [0, 0.05) is 12.5 Å². The van der Waals surface area contributed by atoms with Crippen LogP contribution in [0.1, 0.15) is 42.2 Å². The monoisotopic (exact) mass is 272 g/mol. The van der Waals surface area contributed by atoms with Gasteiger partial charge >= 0.3 is 0 Å². The predicted octanol–water partition coefficient (Wildman–Crippen LogP) is 3.29. The second kappa shape index (κ2) is 6.37. The summed E-state index contributed by atoms with van der Waals surface area (Å²) in [7, 11) is 1.57. The van der Waals surface area contributed by atoms with Crippen molar-refractivity contribution in [3.8, 4) is 5.75 Å². The van der Waals surface area contributed by atoms with E-state index in [1.807, 2.05) is 37.3 Å². The number of methoxy groups -OCH3 is 1. The number of carbonyl (C=O) groups excluding carboxylic acids is 1. The second-order valence-electron chi connectivity index (χ2n) is 4.78. The first kappa shape index (κ1) is 14.3. The lowest BCUT2D eigenvalue weighted by Gasteiger charge is -2.13. The van der Waals surface area contributed by atoms with Crippen LogP contribution in [-0.2, 0) is 6.54 Å². The van der Waals surface area contributed by atoms with Crippen LogP contribution in [0.25, 0.3) is 0 Å². The minimum Gasteiger partial charge on any atom is -0.493 e. The van der Waals surface area contributed by atoms with E-state index >= 15 is 0 Å². The van der Waals surface area contributed by atoms with Crippen molar-refractivity contribution in [2.24, 2.45) is 0 Å². The van der Waals surface area contributed by atoms with E-state index in [0.29, 0.717) is 18.0 Å². The van der Waals surface area contributed by atoms with Crippen LogP contribution in [-0.4, -0.2) is 22.7 Å². The quantitative estimate of drug-likeness (QED) is 0.758. The SMILES string of the molecule is CCCn1ncc(OC)c1C(=O)C(C)c1ccccc1. The molecule has 1 heterocycles. The summed E-state index contributed by atoms with van der Waals surface area (Å²) < 4.78 is 7.01. The largest absolute Gasteiger partial charge is 0.493 e. The second-order valence-corrected chi connectivity index (χ2v) is 4.78. The molecule has 0 aliphatic rings. The Labute approximate surface area is 119 Å². The van der Waals surface area contributed by atoms with Crippen LogP contribution in [0.2, 0.25) is 0 Å². The van der Waals surface area contributed by atoms with Crippen LogP contribution in [0.4, 0.5) is 0 Å². The molecule has 4 nitrogen and oxygen atoms in total. The smallest absolute Gasteiger partial charge is 0.191 e. The molecule has 0 radical (unpaired) electrons. The fourth-order valence-corrected chi connectivity index (χ4v) is 2.25. The van der Waals surface area contributed by atoms with Gasteiger partial charge in [0.05, 0.1) is 13.3 Å². The van der Waals surface area contributed by atoms with Crippen molar-refractivity contribution in [1.29, 1.82) is 0 Å². The maximum absolute atomic E-state index is 12.7. The zero-order valence-corrected chi connectivity index (χ0v) is 12.2. The third-order valence-corrected chi connectivity index (χ3v) is 3.39. The Bertz CT molecular complexity index is 575. The van der Waals surface area contributed by atoms with Crippen molar-refractivity contribution < 1.29 is 9.53 Å². The molecule has 0 aliphatic heterocycles. The van der Waals surface area contributed by atoms with E-state index in [0.717, 1.165) is 12.0 Å². The first-order chi connectivity index (χ1) is 9.69. The van der Waals surface area contributed by atoms with E-state index in [2.05, 4.69) is 12.0 Å². The summed E-state index contributed by atoms with van der Waals surface area (Å²) in [5, 5.41) is 4.24. The first-order valence-corrected chi connectivity index (χ1v) is 6.88. The van der Waals surface area contributed by atoms with Gasteiger partial charge in [0.2, 0.25) is 0 Å². The number of hydrogen-bond acceptors (Lipinski definition) is 3. The van der Waals surface area contributed by atoms with Crippen LogP contribution in [0.3, 0.4) is 0 Å². The third kappa shape index (κ3) is 2.74. The minimum atomic E-state index is -0.211. The van der Waals surface area contributed by atoms with E-state index < -0.39 is 0 Å². The molecule has 2 rings (SSSR count). The van der Waals surface area contributed by atoms with Gasteiger partial charge in [-0.3, -0.25) is 9.48 Å². The molecule has 4 heteroatoms. The van der Waals surface area contributed by atoms with Crippen LogP contribution in [0.5, 0.6) is 5.75 Å². The van der Waals surface area contributed by atoms with Crippen LogP contribution < -0.4 is 4.74 Å². The first-order valence-electron chi connectivity index (χ1n) is 6.88. The molecule has 1 unspecified atom stereocenters. The molecule has 20 heavy (non-hydrogen) atoms. The lowest BCUT2D eigenvalue weighted by Crippen LogP contribution is -2.16. The Morgan fingerprint density at radius 1 is 1.35 bits per heavy atom. The lowest BCUT2D eigenvalue weighted by atomic mass is 9.94. The Balaban J connectivity index is 2.35. The standard InChI is InChI=1S/C16H20N2O2/c1-4-10-18-15(14(20-3)11-17-18)16(19)12(2)13-8-6-5-7-9-13/h5-9,11-12H,4,10H2,1-3H3. The van der Waals surface area contributed by atoms with Crippen molar-refractivity contribution in [3.63, 3.8) is 0 Å². The van der Waals surface area contributed by atoms with E-state index in [1.165, 1.54) is 0 Å². The number of aromatic nitrogens is 2. The van der Waals surface area contributed by atoms with Crippen LogP contribution in [0, 0.1) is 0 Å². The molecule has 1 aromatic heterocycles. The zero-order chi connectivity index (χ0) is 14.5. The number of rotatable bonds is 6. The average Bonchev–Trinajstić information content (AvgIpc) is 2.90. The highest BCUT2D eigenvalue weighted by molar-refractivity contribution is 6.01. The summed E-state index contributed by atoms with van der Waals surface area (Å²) in [5.74, 6) is 0.377. The number of nitrogens with zero attached hydrogens (tertiary/aromatic N) is 2. The topological polar surface area (TPSA) is 44.1 Å². The van der Waals surface area contributed by atoms with Crippen molar-refractivity contribution >= 4 is 5.78 Å². The van der Waals surface area contributed by atoms with Gasteiger partial charge in [-0.05, 0) is 12.0 Å². The molecule has 1 atom stereocenters. The average molecular weight is 272 g/mol. The molecule has 0 fully saturated rings. The molecule has 0 saturated heterocycles. The summed E-state index contributed by atoms with van der Waals surface area (Å²) in [4.78, 5) is 12.7. The minimum absolute atomic E-state index is 0.0407. The molecule has 1 aromatic carbocycles. The highest BCUT2D eigenvalue weighted by Gasteiger charge is 2.25. The van der Waals surface area contributed by atoms with Gasteiger partial charge in [0.15, 0.2) is 11.5 Å². The van der Waals surface area contributed by atoms with Crippen molar-refractivity contribution in [3.05, 3.63) is 47.8 Å². The number of hydrogen-bond donors (Lipinski definition) is 0. The van der Waals surface area contributed by atoms with Gasteiger partial charge in [-0.2, -0.15) is 5.10 Å². The molecule has 106 valence electrons. The molecule has 2 aromatic rings. The van der Waals surface area contributed by atoms with Gasteiger partial charge < -0.3 is 4.74 Å². The molecule has 0 amide bonds. The Kier molecular flexibility index (Phi) is 4.56. The third-order valence-electron chi connectivity index (χ3n) is 3.39. The van der Waals surface area contributed by atoms with Gasteiger partial charge in [0.25, 0.3) is 0 Å². The van der Waals surface area contributed by atoms with E-state index in [1.54, 1.807) is 18.0 Å². The fraction of sp³-hybridized carbons (Fsp3) is 0.375. The highest BCUT2D eigenvalue weighted by atomic mass is 16.5. The number of carbonyl (C=O) groups is 1. The zero-order valence-electron chi connectivity index (χ0n) is 12.2. The van der Waals surface area contributed by atoms with Gasteiger partial charge in [-0.1, -0.05) is 44.2 Å². The Morgan fingerprint density at radius 2 is 2.05 bits per heavy atom. The van der Waals surface area contributed by atoms with Gasteiger partial charge in [0.1, 0.15) is 5.69 Å². The molecular weight excluding hydrogens is 252 g/mol. The molecular formula is C16H20N2O2. The summed E-state index contributed by atoms with van der Waals surface area (Å²) in [6, 6.07) is 9.77. The molecule has 0 bridgehead atoms. The number of benzene rings is 1. The van der Waals surface area contributed by atoms with Gasteiger partial charge in [-0.25, -0.2) is 0 Å². The predicted molar refractivity (Wildman–Crippen MR) is 78.3 cm³/mol. The molecule has 0 aliphatic carbocycles. The van der Waals surface area contributed by atoms with Crippen LogP contribution >= 0.6 is 0 Å². The maximum Gasteiger partial charge on any atom is 0.191 e. The number of ether oxygens (including phenoxy) is 1. The molecule has 0 spiro atoms. The van der Waals surface area contributed by atoms with Crippen molar-refractivity contribution in [2.75, 3.05) is 7.11 Å². The number of Topliss-reactive ketones (excluding diaryl/α,β-unsaturated/α-hetero) is 1. The van der Waals surface area contributed by atoms with Crippen molar-refractivity contribution in [1.82, 2.24) is 9.78 Å². The van der Waals surface area contributed by atoms with E-state index in [-0.39, 0.29) is 11.7 Å². The molecule has 0 saturated carbocycles. The van der Waals surface area contributed by atoms with E-state index in [9.17, 15) is 4.79 Å². The lowest BCUT2D eigenvalue weighted by molar-refractivity contribution is 0.0952. The summed E-state index contributed by atoms with van der Waals surface area (Å²) in [6.45, 7) is 4.69. The number of aryl methyl sites for hydroxylation is 1. The van der Waals surface area contributed by atoms with Crippen molar-refractivity contribution in [2.45, 2.75) is 32.7 Å². The van der Waals surface area contributed by atoms with Gasteiger partial charge in [-0.15, -0.1) is 0 Å².